The van der Waals surface area contributed by atoms with E-state index < -0.39 is 0 Å². The highest BCUT2D eigenvalue weighted by Gasteiger charge is 2.29. The fraction of sp³-hybridized carbons (Fsp3) is 0.800. The molecule has 7 heteroatoms. The molecule has 7 nitrogen and oxygen atoms in total. The topological polar surface area (TPSA) is 79.4 Å². The summed E-state index contributed by atoms with van der Waals surface area (Å²) in [6, 6.07) is 0.187. The van der Waals surface area contributed by atoms with E-state index in [2.05, 4.69) is 15.2 Å². The zero-order valence-electron chi connectivity index (χ0n) is 16.2. The van der Waals surface area contributed by atoms with Gasteiger partial charge in [-0.15, -0.1) is 0 Å². The summed E-state index contributed by atoms with van der Waals surface area (Å²) in [5.74, 6) is 0. The largest absolute Gasteiger partial charge is 0.379 e. The Morgan fingerprint density at radius 3 is 2.63 bits per heavy atom. The third-order valence-corrected chi connectivity index (χ3v) is 6.38. The number of fused-ring (bicyclic) bond motifs is 1. The number of aromatic nitrogens is 2. The number of hydrogen-bond donors (Lipinski definition) is 2. The molecule has 1 aromatic rings. The Morgan fingerprint density at radius 2 is 1.85 bits per heavy atom. The highest BCUT2D eigenvalue weighted by Crippen LogP contribution is 2.29. The summed E-state index contributed by atoms with van der Waals surface area (Å²) in [6.45, 7) is 5.65. The molecule has 2 fully saturated rings. The Balaban J connectivity index is 1.38. The van der Waals surface area contributed by atoms with Gasteiger partial charge in [0.1, 0.15) is 0 Å². The predicted molar refractivity (Wildman–Crippen MR) is 104 cm³/mol. The van der Waals surface area contributed by atoms with Gasteiger partial charge in [0.15, 0.2) is 0 Å². The van der Waals surface area contributed by atoms with Gasteiger partial charge in [-0.05, 0) is 45.2 Å². The number of H-pyrrole nitrogens is 1. The monoisotopic (exact) mass is 376 g/mol. The first-order chi connectivity index (χ1) is 13.2. The SMILES string of the molecule is O=c1[nH]c2c(c(=O)n1C1CCCCC1)CC[C@H]2NCCCN1CCOCC1. The van der Waals surface area contributed by atoms with Gasteiger partial charge in [0, 0.05) is 36.4 Å². The van der Waals surface area contributed by atoms with Gasteiger partial charge in [0.2, 0.25) is 0 Å². The fourth-order valence-corrected chi connectivity index (χ4v) is 4.85. The predicted octanol–water partition coefficient (Wildman–Crippen LogP) is 1.34. The molecule has 1 saturated carbocycles. The lowest BCUT2D eigenvalue weighted by Gasteiger charge is -2.26. The number of nitrogens with zero attached hydrogens (tertiary/aromatic N) is 2. The van der Waals surface area contributed by atoms with E-state index in [1.165, 1.54) is 11.0 Å². The molecule has 0 aromatic carbocycles. The zero-order chi connectivity index (χ0) is 18.6. The van der Waals surface area contributed by atoms with E-state index in [9.17, 15) is 9.59 Å². The molecule has 0 spiro atoms. The summed E-state index contributed by atoms with van der Waals surface area (Å²) < 4.78 is 6.89. The molecular formula is C20H32N4O3. The first-order valence-corrected chi connectivity index (χ1v) is 10.6. The van der Waals surface area contributed by atoms with Gasteiger partial charge in [-0.2, -0.15) is 0 Å². The average molecular weight is 377 g/mol. The van der Waals surface area contributed by atoms with Crippen molar-refractivity contribution in [1.82, 2.24) is 19.8 Å². The van der Waals surface area contributed by atoms with Gasteiger partial charge in [-0.3, -0.25) is 14.3 Å². The van der Waals surface area contributed by atoms with Gasteiger partial charge >= 0.3 is 5.69 Å². The lowest BCUT2D eigenvalue weighted by molar-refractivity contribution is 0.0374. The van der Waals surface area contributed by atoms with Crippen molar-refractivity contribution in [2.75, 3.05) is 39.4 Å². The summed E-state index contributed by atoms with van der Waals surface area (Å²) >= 11 is 0. The molecule has 1 atom stereocenters. The minimum Gasteiger partial charge on any atom is -0.379 e. The summed E-state index contributed by atoms with van der Waals surface area (Å²) in [4.78, 5) is 31.1. The summed E-state index contributed by atoms with van der Waals surface area (Å²) in [7, 11) is 0. The lowest BCUT2D eigenvalue weighted by Crippen LogP contribution is -2.41. The molecule has 2 heterocycles. The first kappa shape index (κ1) is 18.9. The Labute approximate surface area is 160 Å². The van der Waals surface area contributed by atoms with Crippen LogP contribution in [0, 0.1) is 0 Å². The molecule has 0 bridgehead atoms. The second kappa shape index (κ2) is 8.71. The normalized spacial score (nSPS) is 24.2. The smallest absolute Gasteiger partial charge is 0.328 e. The summed E-state index contributed by atoms with van der Waals surface area (Å²) in [5, 5.41) is 3.55. The van der Waals surface area contributed by atoms with Crippen LogP contribution in [0.2, 0.25) is 0 Å². The number of nitrogens with one attached hydrogen (secondary N) is 2. The zero-order valence-corrected chi connectivity index (χ0v) is 16.2. The molecule has 0 amide bonds. The number of morpholine rings is 1. The van der Waals surface area contributed by atoms with Crippen molar-refractivity contribution in [3.8, 4) is 0 Å². The van der Waals surface area contributed by atoms with Gasteiger partial charge < -0.3 is 15.0 Å². The van der Waals surface area contributed by atoms with Crippen molar-refractivity contribution in [3.63, 3.8) is 0 Å². The molecule has 0 unspecified atom stereocenters. The molecule has 27 heavy (non-hydrogen) atoms. The van der Waals surface area contributed by atoms with Crippen LogP contribution in [0.4, 0.5) is 0 Å². The Kier molecular flexibility index (Phi) is 6.10. The van der Waals surface area contributed by atoms with Crippen LogP contribution in [0.15, 0.2) is 9.59 Å². The molecule has 1 aromatic heterocycles. The Morgan fingerprint density at radius 1 is 1.07 bits per heavy atom. The number of rotatable bonds is 6. The van der Waals surface area contributed by atoms with Crippen LogP contribution in [-0.2, 0) is 11.2 Å². The van der Waals surface area contributed by atoms with Gasteiger partial charge in [-0.1, -0.05) is 19.3 Å². The molecule has 2 aliphatic carbocycles. The lowest BCUT2D eigenvalue weighted by atomic mass is 9.95. The molecule has 2 N–H and O–H groups in total. The van der Waals surface area contributed by atoms with Crippen molar-refractivity contribution in [3.05, 3.63) is 32.1 Å². The van der Waals surface area contributed by atoms with E-state index in [4.69, 9.17) is 4.74 Å². The number of ether oxygens (including phenoxy) is 1. The Hall–Kier alpha value is -1.44. The standard InChI is InChI=1S/C20H32N4O3/c25-19-16-7-8-17(21-9-4-10-23-11-13-27-14-12-23)18(16)22-20(26)24(19)15-5-2-1-3-6-15/h15,17,21H,1-14H2,(H,22,26)/t17-/m1/s1. The van der Waals surface area contributed by atoms with Crippen LogP contribution >= 0.6 is 0 Å². The molecule has 4 rings (SSSR count). The minimum atomic E-state index is -0.215. The minimum absolute atomic E-state index is 0.0433. The maximum atomic E-state index is 13.0. The van der Waals surface area contributed by atoms with Crippen LogP contribution in [0.1, 0.15) is 68.3 Å². The van der Waals surface area contributed by atoms with E-state index in [0.717, 1.165) is 95.6 Å². The average Bonchev–Trinajstić information content (AvgIpc) is 3.10. The van der Waals surface area contributed by atoms with Crippen LogP contribution in [0.25, 0.3) is 0 Å². The van der Waals surface area contributed by atoms with Gasteiger partial charge in [0.25, 0.3) is 5.56 Å². The number of hydrogen-bond acceptors (Lipinski definition) is 5. The quantitative estimate of drug-likeness (QED) is 0.733. The van der Waals surface area contributed by atoms with Crippen molar-refractivity contribution in [2.24, 2.45) is 0 Å². The van der Waals surface area contributed by atoms with E-state index in [-0.39, 0.29) is 23.3 Å². The van der Waals surface area contributed by atoms with Crippen LogP contribution in [0.3, 0.4) is 0 Å². The highest BCUT2D eigenvalue weighted by atomic mass is 16.5. The van der Waals surface area contributed by atoms with Crippen LogP contribution in [-0.4, -0.2) is 53.8 Å². The second-order valence-corrected chi connectivity index (χ2v) is 8.14. The molecule has 1 aliphatic heterocycles. The summed E-state index contributed by atoms with van der Waals surface area (Å²) in [6.07, 6.45) is 8.06. The van der Waals surface area contributed by atoms with Crippen LogP contribution in [0.5, 0.6) is 0 Å². The van der Waals surface area contributed by atoms with Gasteiger partial charge in [-0.25, -0.2) is 4.79 Å². The highest BCUT2D eigenvalue weighted by molar-refractivity contribution is 5.26. The molecular weight excluding hydrogens is 344 g/mol. The van der Waals surface area contributed by atoms with Gasteiger partial charge in [0.05, 0.1) is 13.2 Å². The van der Waals surface area contributed by atoms with Crippen molar-refractivity contribution >= 4 is 0 Å². The number of aromatic amines is 1. The third-order valence-electron chi connectivity index (χ3n) is 6.38. The summed E-state index contributed by atoms with van der Waals surface area (Å²) in [5.41, 5.74) is 1.40. The molecule has 3 aliphatic rings. The fourth-order valence-electron chi connectivity index (χ4n) is 4.85. The maximum absolute atomic E-state index is 13.0. The van der Waals surface area contributed by atoms with E-state index >= 15 is 0 Å². The third kappa shape index (κ3) is 4.20. The van der Waals surface area contributed by atoms with E-state index in [1.807, 2.05) is 0 Å². The second-order valence-electron chi connectivity index (χ2n) is 8.14. The van der Waals surface area contributed by atoms with Crippen molar-refractivity contribution < 1.29 is 4.74 Å². The molecule has 150 valence electrons. The maximum Gasteiger partial charge on any atom is 0.328 e. The van der Waals surface area contributed by atoms with Crippen molar-refractivity contribution in [1.29, 1.82) is 0 Å². The Bertz CT molecular complexity index is 745. The van der Waals surface area contributed by atoms with Crippen LogP contribution < -0.4 is 16.6 Å². The van der Waals surface area contributed by atoms with Crippen molar-refractivity contribution in [2.45, 2.75) is 63.5 Å². The van der Waals surface area contributed by atoms with E-state index in [1.54, 1.807) is 0 Å². The van der Waals surface area contributed by atoms with E-state index in [0.29, 0.717) is 0 Å². The first-order valence-electron chi connectivity index (χ1n) is 10.6. The molecule has 0 radical (unpaired) electrons. The molecule has 1 saturated heterocycles.